The van der Waals surface area contributed by atoms with Gasteiger partial charge in [-0.1, -0.05) is 63.2 Å². The lowest BCUT2D eigenvalue weighted by molar-refractivity contribution is 0.238. The van der Waals surface area contributed by atoms with Gasteiger partial charge in [-0.3, -0.25) is 0 Å². The van der Waals surface area contributed by atoms with Gasteiger partial charge in [0.05, 0.1) is 6.10 Å². The first-order chi connectivity index (χ1) is 10.2. The van der Waals surface area contributed by atoms with Gasteiger partial charge in [0, 0.05) is 0 Å². The summed E-state index contributed by atoms with van der Waals surface area (Å²) in [5, 5.41) is 2.54. The molecule has 0 aliphatic carbocycles. The number of rotatable bonds is 7. The van der Waals surface area contributed by atoms with Crippen molar-refractivity contribution in [1.29, 1.82) is 0 Å². The van der Waals surface area contributed by atoms with Crippen LogP contribution in [0.25, 0.3) is 10.8 Å². The molecule has 0 saturated heterocycles. The lowest BCUT2D eigenvalue weighted by Gasteiger charge is -2.32. The summed E-state index contributed by atoms with van der Waals surface area (Å²) in [6, 6.07) is 18.5. The molecule has 0 aliphatic rings. The third-order valence-electron chi connectivity index (χ3n) is 4.63. The lowest BCUT2D eigenvalue weighted by atomic mass is 10.0. The highest BCUT2D eigenvalue weighted by Crippen LogP contribution is 2.31. The average Bonchev–Trinajstić information content (AvgIpc) is 2.56. The average molecular weight is 299 g/mol. The van der Waals surface area contributed by atoms with E-state index in [9.17, 15) is 0 Å². The van der Waals surface area contributed by atoms with Gasteiger partial charge in [0.15, 0.2) is 8.32 Å². The van der Waals surface area contributed by atoms with Gasteiger partial charge < -0.3 is 4.43 Å². The van der Waals surface area contributed by atoms with Gasteiger partial charge in [-0.15, -0.1) is 6.58 Å². The zero-order chi connectivity index (χ0) is 15.3. The number of benzene rings is 2. The Bertz CT molecular complexity index is 593. The van der Waals surface area contributed by atoms with E-state index in [1.165, 1.54) is 16.3 Å². The van der Waals surface area contributed by atoms with Gasteiger partial charge in [-0.05, 0) is 40.5 Å². The fraction of sp³-hybridized carbons (Fsp3) is 0.368. The van der Waals surface area contributed by atoms with Crippen LogP contribution in [-0.2, 0) is 4.43 Å². The zero-order valence-corrected chi connectivity index (χ0v) is 14.4. The summed E-state index contributed by atoms with van der Waals surface area (Å²) in [5.41, 5.74) is 1.22. The largest absolute Gasteiger partial charge is 0.407 e. The fourth-order valence-corrected chi connectivity index (χ4v) is 5.68. The Balaban J connectivity index is 2.32. The first-order valence-electron chi connectivity index (χ1n) is 7.97. The highest BCUT2D eigenvalue weighted by molar-refractivity contribution is 6.73. The van der Waals surface area contributed by atoms with Gasteiger partial charge >= 0.3 is 0 Å². The molecule has 2 aromatic carbocycles. The minimum atomic E-state index is -1.62. The molecule has 1 unspecified atom stereocenters. The monoisotopic (exact) mass is 298 g/mol. The van der Waals surface area contributed by atoms with Gasteiger partial charge in [0.2, 0.25) is 0 Å². The lowest BCUT2D eigenvalue weighted by Crippen LogP contribution is -2.36. The first-order valence-corrected chi connectivity index (χ1v) is 10.5. The molecule has 1 atom stereocenters. The van der Waals surface area contributed by atoms with Gasteiger partial charge in [-0.25, -0.2) is 0 Å². The SMILES string of the molecule is C=CC(O[Si](CC)(CC)CC)c1ccc2ccccc2c1. The van der Waals surface area contributed by atoms with Crippen LogP contribution in [0.2, 0.25) is 18.1 Å². The number of hydrogen-bond acceptors (Lipinski definition) is 1. The molecule has 0 N–H and O–H groups in total. The first kappa shape index (κ1) is 16.0. The molecule has 2 aromatic rings. The topological polar surface area (TPSA) is 9.23 Å². The molecule has 0 bridgehead atoms. The standard InChI is InChI=1S/C19H26OSi/c1-5-19(20-21(6-2,7-3)8-4)18-14-13-16-11-9-10-12-17(16)15-18/h5,9-15,19H,1,6-8H2,2-4H3. The van der Waals surface area contributed by atoms with E-state index in [-0.39, 0.29) is 6.10 Å². The molecular weight excluding hydrogens is 272 g/mol. The minimum Gasteiger partial charge on any atom is -0.407 e. The van der Waals surface area contributed by atoms with Crippen LogP contribution in [0.4, 0.5) is 0 Å². The molecule has 0 spiro atoms. The van der Waals surface area contributed by atoms with Crippen molar-refractivity contribution in [3.8, 4) is 0 Å². The maximum absolute atomic E-state index is 6.59. The summed E-state index contributed by atoms with van der Waals surface area (Å²) < 4.78 is 6.59. The quantitative estimate of drug-likeness (QED) is 0.444. The van der Waals surface area contributed by atoms with Crippen molar-refractivity contribution >= 4 is 19.1 Å². The van der Waals surface area contributed by atoms with E-state index in [1.54, 1.807) is 0 Å². The zero-order valence-electron chi connectivity index (χ0n) is 13.4. The third-order valence-corrected chi connectivity index (χ3v) is 9.25. The molecule has 0 aliphatic heterocycles. The van der Waals surface area contributed by atoms with Crippen LogP contribution in [-0.4, -0.2) is 8.32 Å². The predicted molar refractivity (Wildman–Crippen MR) is 95.2 cm³/mol. The minimum absolute atomic E-state index is 0.0149. The Morgan fingerprint density at radius 2 is 1.62 bits per heavy atom. The van der Waals surface area contributed by atoms with E-state index in [4.69, 9.17) is 4.43 Å². The van der Waals surface area contributed by atoms with E-state index >= 15 is 0 Å². The summed E-state index contributed by atoms with van der Waals surface area (Å²) in [6.07, 6.45) is 1.97. The molecule has 2 heteroatoms. The van der Waals surface area contributed by atoms with E-state index in [0.29, 0.717) is 0 Å². The Hall–Kier alpha value is -1.38. The smallest absolute Gasteiger partial charge is 0.193 e. The molecule has 0 saturated carbocycles. The van der Waals surface area contributed by atoms with Crippen molar-refractivity contribution in [3.63, 3.8) is 0 Å². The van der Waals surface area contributed by atoms with E-state index in [2.05, 4.69) is 69.8 Å². The van der Waals surface area contributed by atoms with Gasteiger partial charge in [0.25, 0.3) is 0 Å². The van der Waals surface area contributed by atoms with Crippen LogP contribution in [0.3, 0.4) is 0 Å². The Morgan fingerprint density at radius 3 is 2.19 bits per heavy atom. The van der Waals surface area contributed by atoms with Gasteiger partial charge in [0.1, 0.15) is 0 Å². The van der Waals surface area contributed by atoms with Crippen molar-refractivity contribution in [2.45, 2.75) is 45.0 Å². The summed E-state index contributed by atoms with van der Waals surface area (Å²) in [5.74, 6) is 0. The molecule has 0 heterocycles. The second kappa shape index (κ2) is 7.06. The summed E-state index contributed by atoms with van der Waals surface area (Å²) in [4.78, 5) is 0. The summed E-state index contributed by atoms with van der Waals surface area (Å²) in [7, 11) is -1.62. The maximum Gasteiger partial charge on any atom is 0.193 e. The third kappa shape index (κ3) is 3.45. The van der Waals surface area contributed by atoms with Crippen molar-refractivity contribution in [3.05, 3.63) is 60.7 Å². The number of fused-ring (bicyclic) bond motifs is 1. The molecule has 21 heavy (non-hydrogen) atoms. The molecule has 2 rings (SSSR count). The molecule has 0 fully saturated rings. The van der Waals surface area contributed by atoms with Crippen LogP contribution in [0.15, 0.2) is 55.1 Å². The Labute approximate surface area is 129 Å². The highest BCUT2D eigenvalue weighted by Gasteiger charge is 2.31. The second-order valence-corrected chi connectivity index (χ2v) is 10.3. The van der Waals surface area contributed by atoms with Crippen LogP contribution in [0, 0.1) is 0 Å². The van der Waals surface area contributed by atoms with Crippen molar-refractivity contribution in [1.82, 2.24) is 0 Å². The van der Waals surface area contributed by atoms with Crippen molar-refractivity contribution < 1.29 is 4.43 Å². The molecule has 0 aromatic heterocycles. The molecule has 0 amide bonds. The van der Waals surface area contributed by atoms with E-state index in [0.717, 1.165) is 18.1 Å². The van der Waals surface area contributed by atoms with Crippen LogP contribution in [0.1, 0.15) is 32.4 Å². The van der Waals surface area contributed by atoms with Crippen LogP contribution < -0.4 is 0 Å². The molecular formula is C19H26OSi. The highest BCUT2D eigenvalue weighted by atomic mass is 28.4. The molecule has 0 radical (unpaired) electrons. The fourth-order valence-electron chi connectivity index (χ4n) is 2.91. The second-order valence-electron chi connectivity index (χ2n) is 5.62. The Morgan fingerprint density at radius 1 is 1.00 bits per heavy atom. The van der Waals surface area contributed by atoms with Crippen molar-refractivity contribution in [2.75, 3.05) is 0 Å². The predicted octanol–water partition coefficient (Wildman–Crippen LogP) is 6.09. The Kier molecular flexibility index (Phi) is 5.37. The molecule has 112 valence electrons. The summed E-state index contributed by atoms with van der Waals surface area (Å²) in [6.45, 7) is 10.8. The van der Waals surface area contributed by atoms with Crippen molar-refractivity contribution in [2.24, 2.45) is 0 Å². The number of hydrogen-bond donors (Lipinski definition) is 0. The van der Waals surface area contributed by atoms with Gasteiger partial charge in [-0.2, -0.15) is 0 Å². The molecule has 1 nitrogen and oxygen atoms in total. The normalized spacial score (nSPS) is 13.3. The van der Waals surface area contributed by atoms with E-state index in [1.807, 2.05) is 6.08 Å². The van der Waals surface area contributed by atoms with Crippen LogP contribution in [0.5, 0.6) is 0 Å². The summed E-state index contributed by atoms with van der Waals surface area (Å²) >= 11 is 0. The maximum atomic E-state index is 6.59. The van der Waals surface area contributed by atoms with E-state index < -0.39 is 8.32 Å². The van der Waals surface area contributed by atoms with Crippen LogP contribution >= 0.6 is 0 Å².